The summed E-state index contributed by atoms with van der Waals surface area (Å²) in [6, 6.07) is 8.23. The van der Waals surface area contributed by atoms with Crippen molar-refractivity contribution in [2.75, 3.05) is 7.05 Å². The highest BCUT2D eigenvalue weighted by Gasteiger charge is 2.28. The molecule has 1 aliphatic heterocycles. The third-order valence-electron chi connectivity index (χ3n) is 5.64. The number of nitrogens with one attached hydrogen (secondary N) is 1. The van der Waals surface area contributed by atoms with Gasteiger partial charge in [0.05, 0.1) is 12.6 Å². The summed E-state index contributed by atoms with van der Waals surface area (Å²) in [5, 5.41) is 3.06. The van der Waals surface area contributed by atoms with Crippen molar-refractivity contribution in [2.24, 2.45) is 0 Å². The Hall–Kier alpha value is -2.27. The minimum Gasteiger partial charge on any atom is -0.347 e. The summed E-state index contributed by atoms with van der Waals surface area (Å²) >= 11 is 0. The molecule has 0 radical (unpaired) electrons. The molecule has 0 saturated heterocycles. The van der Waals surface area contributed by atoms with Crippen LogP contribution < -0.4 is 5.32 Å². The number of carbonyl (C=O) groups is 1. The summed E-state index contributed by atoms with van der Waals surface area (Å²) in [4.78, 5) is 24.2. The quantitative estimate of drug-likeness (QED) is 0.923. The topological polar surface area (TPSA) is 58.1 Å². The van der Waals surface area contributed by atoms with Crippen LogP contribution >= 0.6 is 0 Å². The van der Waals surface area contributed by atoms with Gasteiger partial charge in [0.1, 0.15) is 5.82 Å². The van der Waals surface area contributed by atoms with Crippen LogP contribution in [-0.4, -0.2) is 33.9 Å². The fourth-order valence-corrected chi connectivity index (χ4v) is 4.15. The summed E-state index contributed by atoms with van der Waals surface area (Å²) in [7, 11) is 2.01. The molecule has 0 unspecified atom stereocenters. The fourth-order valence-electron chi connectivity index (χ4n) is 4.15. The van der Waals surface area contributed by atoms with Crippen LogP contribution in [0.3, 0.4) is 0 Å². The van der Waals surface area contributed by atoms with Crippen molar-refractivity contribution >= 4 is 5.91 Å². The van der Waals surface area contributed by atoms with Crippen LogP contribution in [0.2, 0.25) is 0 Å². The molecule has 2 heterocycles. The van der Waals surface area contributed by atoms with Gasteiger partial charge >= 0.3 is 0 Å². The average molecular weight is 350 g/mol. The Kier molecular flexibility index (Phi) is 4.72. The zero-order valence-electron chi connectivity index (χ0n) is 15.6. The normalized spacial score (nSPS) is 19.5. The molecule has 4 rings (SSSR count). The van der Waals surface area contributed by atoms with Gasteiger partial charge in [-0.15, -0.1) is 0 Å². The van der Waals surface area contributed by atoms with Gasteiger partial charge in [0, 0.05) is 17.9 Å². The first kappa shape index (κ1) is 17.2. The first-order valence-corrected chi connectivity index (χ1v) is 9.52. The smallest absolute Gasteiger partial charge is 0.238 e. The summed E-state index contributed by atoms with van der Waals surface area (Å²) in [5.74, 6) is 0.788. The van der Waals surface area contributed by atoms with Crippen molar-refractivity contribution in [3.63, 3.8) is 0 Å². The number of aromatic nitrogens is 2. The van der Waals surface area contributed by atoms with Crippen molar-refractivity contribution in [1.82, 2.24) is 20.2 Å². The van der Waals surface area contributed by atoms with Crippen molar-refractivity contribution in [3.8, 4) is 0 Å². The van der Waals surface area contributed by atoms with Gasteiger partial charge in [-0.1, -0.05) is 24.3 Å². The number of likely N-dealkylation sites (N-methyl/N-ethyl adjacent to an activating group) is 1. The first-order valence-electron chi connectivity index (χ1n) is 9.52. The molecule has 2 aliphatic rings. The van der Waals surface area contributed by atoms with Crippen molar-refractivity contribution in [1.29, 1.82) is 0 Å². The highest BCUT2D eigenvalue weighted by molar-refractivity contribution is 5.82. The van der Waals surface area contributed by atoms with Crippen LogP contribution in [0.15, 0.2) is 24.3 Å². The number of amides is 1. The fraction of sp³-hybridized carbons (Fsp3) is 0.476. The van der Waals surface area contributed by atoms with E-state index in [4.69, 9.17) is 4.98 Å². The molecule has 0 bridgehead atoms. The molecule has 1 N–H and O–H groups in total. The zero-order valence-corrected chi connectivity index (χ0v) is 15.6. The molecule has 1 aliphatic carbocycles. The minimum absolute atomic E-state index is 0.0565. The molecule has 2 aromatic rings. The summed E-state index contributed by atoms with van der Waals surface area (Å²) in [6.07, 6.45) is 5.29. The van der Waals surface area contributed by atoms with E-state index in [1.165, 1.54) is 35.2 Å². The molecule has 1 aromatic heterocycles. The minimum atomic E-state index is -0.136. The third-order valence-corrected chi connectivity index (χ3v) is 5.64. The maximum atomic E-state index is 12.8. The van der Waals surface area contributed by atoms with Gasteiger partial charge in [-0.2, -0.15) is 0 Å². The maximum Gasteiger partial charge on any atom is 0.238 e. The Morgan fingerprint density at radius 2 is 1.96 bits per heavy atom. The Morgan fingerprint density at radius 3 is 2.81 bits per heavy atom. The van der Waals surface area contributed by atoms with E-state index in [0.29, 0.717) is 6.54 Å². The molecule has 5 heteroatoms. The van der Waals surface area contributed by atoms with E-state index in [1.807, 2.05) is 13.1 Å². The van der Waals surface area contributed by atoms with E-state index in [1.54, 1.807) is 0 Å². The van der Waals surface area contributed by atoms with Crippen LogP contribution in [-0.2, 0) is 37.1 Å². The average Bonchev–Trinajstić information content (AvgIpc) is 2.65. The van der Waals surface area contributed by atoms with Crippen molar-refractivity contribution < 1.29 is 4.79 Å². The first-order chi connectivity index (χ1) is 12.6. The number of rotatable bonds is 3. The largest absolute Gasteiger partial charge is 0.347 e. The van der Waals surface area contributed by atoms with E-state index >= 15 is 0 Å². The lowest BCUT2D eigenvalue weighted by molar-refractivity contribution is -0.126. The lowest BCUT2D eigenvalue weighted by Gasteiger charge is -2.33. The van der Waals surface area contributed by atoms with Crippen LogP contribution in [0, 0.1) is 6.92 Å². The number of hydrogen-bond acceptors (Lipinski definition) is 4. The maximum absolute atomic E-state index is 12.8. The molecule has 5 nitrogen and oxygen atoms in total. The number of carbonyl (C=O) groups excluding carboxylic acids is 1. The summed E-state index contributed by atoms with van der Waals surface area (Å²) in [5.41, 5.74) is 6.15. The molecule has 1 amide bonds. The van der Waals surface area contributed by atoms with Gasteiger partial charge in [-0.3, -0.25) is 9.69 Å². The van der Waals surface area contributed by atoms with Gasteiger partial charge in [-0.25, -0.2) is 9.97 Å². The van der Waals surface area contributed by atoms with Gasteiger partial charge in [0.2, 0.25) is 5.91 Å². The molecular formula is C21H26N4O. The van der Waals surface area contributed by atoms with E-state index < -0.39 is 0 Å². The van der Waals surface area contributed by atoms with E-state index in [9.17, 15) is 4.79 Å². The number of benzene rings is 1. The van der Waals surface area contributed by atoms with Crippen LogP contribution in [0.5, 0.6) is 0 Å². The Bertz CT molecular complexity index is 833. The second kappa shape index (κ2) is 7.16. The molecule has 0 fully saturated rings. The Morgan fingerprint density at radius 1 is 1.19 bits per heavy atom. The van der Waals surface area contributed by atoms with Crippen LogP contribution in [0.25, 0.3) is 0 Å². The molecular weight excluding hydrogens is 324 g/mol. The molecule has 1 atom stereocenters. The molecule has 0 saturated carbocycles. The monoisotopic (exact) mass is 350 g/mol. The van der Waals surface area contributed by atoms with Crippen molar-refractivity contribution in [3.05, 3.63) is 58.2 Å². The number of nitrogens with zero attached hydrogens (tertiary/aromatic N) is 3. The van der Waals surface area contributed by atoms with E-state index in [2.05, 4.69) is 40.3 Å². The zero-order chi connectivity index (χ0) is 18.1. The standard InChI is InChI=1S/C21H26N4O/c1-14-17-9-5-6-10-18(17)24-20(23-14)12-22-21(26)19-11-15-7-3-4-8-16(15)13-25(19)2/h3-4,7-8,19H,5-6,9-13H2,1-2H3,(H,22,26)/t19-/m0/s1. The highest BCUT2D eigenvalue weighted by Crippen LogP contribution is 2.23. The predicted molar refractivity (Wildman–Crippen MR) is 101 cm³/mol. The summed E-state index contributed by atoms with van der Waals surface area (Å²) < 4.78 is 0. The van der Waals surface area contributed by atoms with Gasteiger partial charge in [-0.05, 0) is 62.8 Å². The van der Waals surface area contributed by atoms with Crippen LogP contribution in [0.1, 0.15) is 46.7 Å². The van der Waals surface area contributed by atoms with Gasteiger partial charge in [0.15, 0.2) is 0 Å². The van der Waals surface area contributed by atoms with Gasteiger partial charge in [0.25, 0.3) is 0 Å². The van der Waals surface area contributed by atoms with Crippen LogP contribution in [0.4, 0.5) is 0 Å². The third kappa shape index (κ3) is 3.36. The molecule has 136 valence electrons. The number of hydrogen-bond donors (Lipinski definition) is 1. The Labute approximate surface area is 154 Å². The second-order valence-corrected chi connectivity index (χ2v) is 7.48. The lowest BCUT2D eigenvalue weighted by Crippen LogP contribution is -2.48. The lowest BCUT2D eigenvalue weighted by atomic mass is 9.94. The van der Waals surface area contributed by atoms with E-state index in [0.717, 1.165) is 37.3 Å². The summed E-state index contributed by atoms with van der Waals surface area (Å²) in [6.45, 7) is 3.27. The molecule has 1 aromatic carbocycles. The second-order valence-electron chi connectivity index (χ2n) is 7.48. The predicted octanol–water partition coefficient (Wildman–Crippen LogP) is 2.34. The van der Waals surface area contributed by atoms with Gasteiger partial charge < -0.3 is 5.32 Å². The number of aryl methyl sites for hydroxylation is 2. The Balaban J connectivity index is 1.44. The molecule has 26 heavy (non-hydrogen) atoms. The molecule has 0 spiro atoms. The highest BCUT2D eigenvalue weighted by atomic mass is 16.2. The van der Waals surface area contributed by atoms with E-state index in [-0.39, 0.29) is 11.9 Å². The number of fused-ring (bicyclic) bond motifs is 2. The van der Waals surface area contributed by atoms with Crippen molar-refractivity contribution in [2.45, 2.75) is 58.2 Å². The SMILES string of the molecule is Cc1nc(CNC(=O)[C@@H]2Cc3ccccc3CN2C)nc2c1CCCC2.